The number of fused-ring (bicyclic) bond motifs is 1. The van der Waals surface area contributed by atoms with Crippen LogP contribution in [0.4, 0.5) is 10.7 Å². The van der Waals surface area contributed by atoms with E-state index in [-0.39, 0.29) is 11.6 Å². The quantitative estimate of drug-likeness (QED) is 0.118. The molecule has 2 aromatic heterocycles. The van der Waals surface area contributed by atoms with Crippen LogP contribution in [0.2, 0.25) is 5.02 Å². The maximum atomic E-state index is 13.3. The third-order valence-corrected chi connectivity index (χ3v) is 9.65. The van der Waals surface area contributed by atoms with Gasteiger partial charge in [-0.2, -0.15) is 0 Å². The first-order valence-electron chi connectivity index (χ1n) is 12.2. The number of esters is 1. The van der Waals surface area contributed by atoms with Gasteiger partial charge in [-0.05, 0) is 30.8 Å². The second-order valence-electron chi connectivity index (χ2n) is 8.99. The Morgan fingerprint density at radius 3 is 2.40 bits per heavy atom. The van der Waals surface area contributed by atoms with Gasteiger partial charge in [-0.1, -0.05) is 41.9 Å². The molecule has 0 saturated carbocycles. The zero-order chi connectivity index (χ0) is 28.6. The number of methoxy groups -OCH3 is 1. The van der Waals surface area contributed by atoms with Gasteiger partial charge in [0.2, 0.25) is 0 Å². The lowest BCUT2D eigenvalue weighted by Crippen LogP contribution is -2.51. The van der Waals surface area contributed by atoms with Gasteiger partial charge in [0.15, 0.2) is 5.11 Å². The number of thiocarbonyl (C=S) groups is 1. The fourth-order valence-electron chi connectivity index (χ4n) is 4.62. The highest BCUT2D eigenvalue weighted by molar-refractivity contribution is 7.80. The van der Waals surface area contributed by atoms with Gasteiger partial charge in [-0.3, -0.25) is 14.9 Å². The molecule has 206 valence electrons. The number of piperazine rings is 1. The number of halogens is 1. The number of hydrogen-bond donors (Lipinski definition) is 1. The van der Waals surface area contributed by atoms with Crippen LogP contribution in [0.3, 0.4) is 0 Å². The molecule has 0 aliphatic carbocycles. The summed E-state index contributed by atoms with van der Waals surface area (Å²) >= 11 is 14.8. The molecule has 0 atom stereocenters. The smallest absolute Gasteiger partial charge is 0.341 e. The molecule has 5 rings (SSSR count). The first-order valence-corrected chi connectivity index (χ1v) is 14.6. The number of nitro benzene ring substituents is 1. The Kier molecular flexibility index (Phi) is 8.04. The van der Waals surface area contributed by atoms with Crippen molar-refractivity contribution in [3.8, 4) is 11.1 Å². The minimum atomic E-state index is -0.473. The first kappa shape index (κ1) is 28.0. The number of non-ortho nitro benzene ring substituents is 1. The summed E-state index contributed by atoms with van der Waals surface area (Å²) in [5.41, 5.74) is 2.11. The van der Waals surface area contributed by atoms with Crippen LogP contribution in [0.25, 0.3) is 21.2 Å². The average molecular weight is 615 g/mol. The summed E-state index contributed by atoms with van der Waals surface area (Å²) in [4.78, 5) is 41.7. The maximum absolute atomic E-state index is 13.3. The van der Waals surface area contributed by atoms with E-state index in [1.54, 1.807) is 11.0 Å². The predicted octanol–water partition coefficient (Wildman–Crippen LogP) is 6.44. The van der Waals surface area contributed by atoms with Gasteiger partial charge in [0.1, 0.15) is 15.4 Å². The van der Waals surface area contributed by atoms with Crippen molar-refractivity contribution in [3.63, 3.8) is 0 Å². The van der Waals surface area contributed by atoms with Gasteiger partial charge in [-0.25, -0.2) is 4.79 Å². The topological polar surface area (TPSA) is 105 Å². The third-order valence-electron chi connectivity index (χ3n) is 6.63. The van der Waals surface area contributed by atoms with Crippen LogP contribution < -0.4 is 5.32 Å². The summed E-state index contributed by atoms with van der Waals surface area (Å²) in [5.74, 6) is -0.670. The van der Waals surface area contributed by atoms with Gasteiger partial charge in [0.25, 0.3) is 11.6 Å². The van der Waals surface area contributed by atoms with Crippen molar-refractivity contribution in [1.29, 1.82) is 0 Å². The van der Waals surface area contributed by atoms with E-state index >= 15 is 0 Å². The second kappa shape index (κ2) is 11.5. The number of ether oxygens (including phenoxy) is 1. The maximum Gasteiger partial charge on any atom is 0.341 e. The van der Waals surface area contributed by atoms with Crippen LogP contribution in [0.15, 0.2) is 48.5 Å². The van der Waals surface area contributed by atoms with Crippen molar-refractivity contribution in [3.05, 3.63) is 79.0 Å². The molecule has 1 aliphatic heterocycles. The Balaban J connectivity index is 1.29. The Labute approximate surface area is 248 Å². The Hall–Kier alpha value is -3.58. The summed E-state index contributed by atoms with van der Waals surface area (Å²) in [6.45, 7) is 3.74. The second-order valence-corrected chi connectivity index (χ2v) is 12.0. The number of nitro groups is 1. The van der Waals surface area contributed by atoms with E-state index in [4.69, 9.17) is 28.6 Å². The summed E-state index contributed by atoms with van der Waals surface area (Å²) in [6.07, 6.45) is 0. The van der Waals surface area contributed by atoms with Crippen molar-refractivity contribution in [2.45, 2.75) is 6.92 Å². The van der Waals surface area contributed by atoms with Gasteiger partial charge < -0.3 is 19.9 Å². The van der Waals surface area contributed by atoms with Crippen LogP contribution in [-0.4, -0.2) is 65.0 Å². The molecule has 1 N–H and O–H groups in total. The number of carbonyl (C=O) groups excluding carboxylic acids is 2. The predicted molar refractivity (Wildman–Crippen MR) is 163 cm³/mol. The minimum absolute atomic E-state index is 0.0498. The molecular weight excluding hydrogens is 592 g/mol. The van der Waals surface area contributed by atoms with Crippen LogP contribution in [0.1, 0.15) is 24.9 Å². The van der Waals surface area contributed by atoms with E-state index in [1.807, 2.05) is 42.2 Å². The number of thiophene rings is 2. The Morgan fingerprint density at radius 2 is 1.75 bits per heavy atom. The van der Waals surface area contributed by atoms with Crippen LogP contribution >= 0.6 is 46.5 Å². The number of anilines is 1. The molecule has 13 heteroatoms. The fourth-order valence-corrected chi connectivity index (χ4v) is 7.54. The number of rotatable bonds is 5. The number of carbonyl (C=O) groups is 2. The summed E-state index contributed by atoms with van der Waals surface area (Å²) < 4.78 is 5.69. The number of amides is 1. The van der Waals surface area contributed by atoms with E-state index in [0.717, 1.165) is 27.3 Å². The average Bonchev–Trinajstić information content (AvgIpc) is 3.47. The summed E-state index contributed by atoms with van der Waals surface area (Å²) in [5, 5.41) is 16.3. The molecule has 1 saturated heterocycles. The largest absolute Gasteiger partial charge is 0.465 e. The molecule has 9 nitrogen and oxygen atoms in total. The monoisotopic (exact) mass is 614 g/mol. The number of hydrogen-bond acceptors (Lipinski definition) is 8. The zero-order valence-electron chi connectivity index (χ0n) is 21.4. The molecule has 0 bridgehead atoms. The fraction of sp³-hybridized carbons (Fsp3) is 0.222. The minimum Gasteiger partial charge on any atom is -0.465 e. The van der Waals surface area contributed by atoms with E-state index in [1.165, 1.54) is 30.6 Å². The van der Waals surface area contributed by atoms with Crippen molar-refractivity contribution < 1.29 is 19.2 Å². The van der Waals surface area contributed by atoms with Gasteiger partial charge in [0.05, 0.1) is 17.1 Å². The molecule has 1 amide bonds. The highest BCUT2D eigenvalue weighted by Gasteiger charge is 2.29. The van der Waals surface area contributed by atoms with Crippen molar-refractivity contribution in [2.24, 2.45) is 0 Å². The van der Waals surface area contributed by atoms with E-state index in [9.17, 15) is 19.7 Å². The van der Waals surface area contributed by atoms with Crippen LogP contribution in [0, 0.1) is 17.0 Å². The molecule has 2 aromatic carbocycles. The molecule has 1 fully saturated rings. The lowest BCUT2D eigenvalue weighted by atomic mass is 10.0. The van der Waals surface area contributed by atoms with E-state index in [0.29, 0.717) is 61.8 Å². The van der Waals surface area contributed by atoms with E-state index in [2.05, 4.69) is 5.32 Å². The molecule has 1 aliphatic rings. The highest BCUT2D eigenvalue weighted by Crippen LogP contribution is 2.41. The molecular formula is C27H23ClN4O5S3. The molecule has 0 radical (unpaired) electrons. The Bertz CT molecular complexity index is 1640. The molecule has 4 aromatic rings. The van der Waals surface area contributed by atoms with E-state index < -0.39 is 10.9 Å². The molecule has 0 unspecified atom stereocenters. The number of benzene rings is 2. The lowest BCUT2D eigenvalue weighted by molar-refractivity contribution is -0.384. The number of aryl methyl sites for hydroxylation is 1. The highest BCUT2D eigenvalue weighted by atomic mass is 35.5. The summed E-state index contributed by atoms with van der Waals surface area (Å²) in [6, 6.07) is 14.0. The molecule has 3 heterocycles. The Morgan fingerprint density at radius 1 is 1.07 bits per heavy atom. The number of nitrogens with one attached hydrogen (secondary N) is 1. The van der Waals surface area contributed by atoms with Gasteiger partial charge in [0, 0.05) is 58.8 Å². The first-order chi connectivity index (χ1) is 19.2. The lowest BCUT2D eigenvalue weighted by Gasteiger charge is -2.36. The van der Waals surface area contributed by atoms with Crippen LogP contribution in [0.5, 0.6) is 0 Å². The third kappa shape index (κ3) is 5.27. The van der Waals surface area contributed by atoms with Gasteiger partial charge in [-0.15, -0.1) is 22.7 Å². The SMILES string of the molecule is COC(=O)c1c(NC(=S)N2CCN(C(=O)c3sc4cc([N+](=O)[O-])ccc4c3Cl)CC2)sc(C)c1-c1ccccc1. The van der Waals surface area contributed by atoms with Crippen molar-refractivity contribution in [2.75, 3.05) is 38.6 Å². The normalized spacial score (nSPS) is 13.4. The molecule has 0 spiro atoms. The van der Waals surface area contributed by atoms with Crippen molar-refractivity contribution in [1.82, 2.24) is 9.80 Å². The zero-order valence-corrected chi connectivity index (χ0v) is 24.6. The van der Waals surface area contributed by atoms with Crippen LogP contribution in [-0.2, 0) is 4.74 Å². The molecule has 40 heavy (non-hydrogen) atoms. The van der Waals surface area contributed by atoms with Crippen molar-refractivity contribution >= 4 is 84.3 Å². The van der Waals surface area contributed by atoms with Gasteiger partial charge >= 0.3 is 5.97 Å². The summed E-state index contributed by atoms with van der Waals surface area (Å²) in [7, 11) is 1.35. The number of nitrogens with zero attached hydrogens (tertiary/aromatic N) is 3. The standard InChI is InChI=1S/C27H23ClN4O5S3/c1-15-20(16-6-4-3-5-7-16)21(26(34)37-2)24(39-15)29-27(38)31-12-10-30(11-13-31)25(33)23-22(28)18-9-8-17(32(35)36)14-19(18)40-23/h3-9,14H,10-13H2,1-2H3,(H,29,38).